The second-order valence-electron chi connectivity index (χ2n) is 7.36. The fraction of sp³-hybridized carbons (Fsp3) is 0.450. The summed E-state index contributed by atoms with van der Waals surface area (Å²) in [5, 5.41) is 3.03. The van der Waals surface area contributed by atoms with Crippen LogP contribution in [0.15, 0.2) is 40.5 Å². The van der Waals surface area contributed by atoms with Crippen molar-refractivity contribution in [2.75, 3.05) is 18.5 Å². The minimum atomic E-state index is -3.38. The number of nitrogens with one attached hydrogen (secondary N) is 1. The van der Waals surface area contributed by atoms with Crippen LogP contribution in [0.4, 0.5) is 5.82 Å². The van der Waals surface area contributed by atoms with Crippen LogP contribution in [0.5, 0.6) is 0 Å². The smallest absolute Gasteiger partial charge is 0.180 e. The van der Waals surface area contributed by atoms with Crippen LogP contribution in [0.1, 0.15) is 43.5 Å². The topological polar surface area (TPSA) is 93.5 Å². The summed E-state index contributed by atoms with van der Waals surface area (Å²) in [6, 6.07) is 5.42. The molecule has 1 saturated heterocycles. The van der Waals surface area contributed by atoms with Crippen molar-refractivity contribution in [3.05, 3.63) is 47.4 Å². The Balaban J connectivity index is 1.70. The average molecular weight is 401 g/mol. The van der Waals surface area contributed by atoms with Crippen LogP contribution in [0.2, 0.25) is 0 Å². The standard InChI is InChI=1S/C20H24N4O3S/c1-13(2)28(25,26)16-4-8-21-17(11-16)19-18-14(12-23-19)3-7-22-20(18)24-15-5-9-27-10-6-15/h3-4,7-8,11,13,15H,5-6,9-10,12H2,1-2H3,(H,22,24). The van der Waals surface area contributed by atoms with Gasteiger partial charge in [0, 0.05) is 37.2 Å². The summed E-state index contributed by atoms with van der Waals surface area (Å²) in [5.41, 5.74) is 3.24. The predicted molar refractivity (Wildman–Crippen MR) is 108 cm³/mol. The lowest BCUT2D eigenvalue weighted by atomic mass is 10.0. The summed E-state index contributed by atoms with van der Waals surface area (Å²) < 4.78 is 30.6. The normalized spacial score (nSPS) is 17.5. The fourth-order valence-electron chi connectivity index (χ4n) is 3.48. The van der Waals surface area contributed by atoms with Gasteiger partial charge in [-0.15, -0.1) is 0 Å². The highest BCUT2D eigenvalue weighted by molar-refractivity contribution is 7.92. The number of hydrogen-bond donors (Lipinski definition) is 1. The van der Waals surface area contributed by atoms with Gasteiger partial charge in [0.25, 0.3) is 0 Å². The number of hydrogen-bond acceptors (Lipinski definition) is 7. The Bertz CT molecular complexity index is 1010. The van der Waals surface area contributed by atoms with Crippen LogP contribution < -0.4 is 5.32 Å². The van der Waals surface area contributed by atoms with Gasteiger partial charge in [0.05, 0.1) is 28.1 Å². The number of rotatable bonds is 5. The Morgan fingerprint density at radius 3 is 2.64 bits per heavy atom. The number of anilines is 1. The molecule has 0 unspecified atom stereocenters. The van der Waals surface area contributed by atoms with Crippen molar-refractivity contribution in [1.82, 2.24) is 9.97 Å². The van der Waals surface area contributed by atoms with Gasteiger partial charge < -0.3 is 10.1 Å². The lowest BCUT2D eigenvalue weighted by Crippen LogP contribution is -2.29. The van der Waals surface area contributed by atoms with E-state index < -0.39 is 15.1 Å². The molecule has 0 aromatic carbocycles. The first kappa shape index (κ1) is 19.0. The number of nitrogens with zero attached hydrogens (tertiary/aromatic N) is 3. The Labute approximate surface area is 165 Å². The third-order valence-corrected chi connectivity index (χ3v) is 7.32. The van der Waals surface area contributed by atoms with Crippen molar-refractivity contribution >= 4 is 21.4 Å². The third kappa shape index (κ3) is 3.54. The van der Waals surface area contributed by atoms with Crippen LogP contribution in [0.3, 0.4) is 0 Å². The Kier molecular flexibility index (Phi) is 5.16. The summed E-state index contributed by atoms with van der Waals surface area (Å²) in [4.78, 5) is 13.9. The van der Waals surface area contributed by atoms with Crippen LogP contribution in [-0.4, -0.2) is 48.6 Å². The van der Waals surface area contributed by atoms with Crippen molar-refractivity contribution < 1.29 is 13.2 Å². The first-order chi connectivity index (χ1) is 13.5. The van der Waals surface area contributed by atoms with Crippen LogP contribution in [0, 0.1) is 0 Å². The molecule has 0 bridgehead atoms. The van der Waals surface area contributed by atoms with E-state index in [-0.39, 0.29) is 4.90 Å². The molecule has 0 atom stereocenters. The monoisotopic (exact) mass is 400 g/mol. The largest absolute Gasteiger partial charge is 0.381 e. The van der Waals surface area contributed by atoms with Gasteiger partial charge in [-0.1, -0.05) is 0 Å². The lowest BCUT2D eigenvalue weighted by molar-refractivity contribution is 0.0904. The molecule has 2 aromatic rings. The van der Waals surface area contributed by atoms with Crippen molar-refractivity contribution in [1.29, 1.82) is 0 Å². The zero-order valence-corrected chi connectivity index (χ0v) is 16.9. The van der Waals surface area contributed by atoms with Gasteiger partial charge >= 0.3 is 0 Å². The van der Waals surface area contributed by atoms with E-state index in [0.717, 1.165) is 43.0 Å². The molecule has 0 spiro atoms. The molecule has 2 aliphatic rings. The van der Waals surface area contributed by atoms with Crippen molar-refractivity contribution in [3.8, 4) is 0 Å². The molecule has 4 heterocycles. The quantitative estimate of drug-likeness (QED) is 0.829. The molecule has 8 heteroatoms. The summed E-state index contributed by atoms with van der Waals surface area (Å²) in [6.07, 6.45) is 5.18. The Hall–Kier alpha value is -2.32. The third-order valence-electron chi connectivity index (χ3n) is 5.17. The first-order valence-electron chi connectivity index (χ1n) is 9.54. The molecule has 0 radical (unpaired) electrons. The molecular weight excluding hydrogens is 376 g/mol. The van der Waals surface area contributed by atoms with Crippen LogP contribution in [-0.2, 0) is 21.1 Å². The highest BCUT2D eigenvalue weighted by atomic mass is 32.2. The first-order valence-corrected chi connectivity index (χ1v) is 11.1. The maximum atomic E-state index is 12.6. The van der Waals surface area contributed by atoms with E-state index in [1.807, 2.05) is 6.07 Å². The number of aromatic nitrogens is 2. The summed E-state index contributed by atoms with van der Waals surface area (Å²) >= 11 is 0. The lowest BCUT2D eigenvalue weighted by Gasteiger charge is -2.24. The van der Waals surface area contributed by atoms with E-state index in [4.69, 9.17) is 4.74 Å². The van der Waals surface area contributed by atoms with Gasteiger partial charge in [0.1, 0.15) is 5.82 Å². The van der Waals surface area contributed by atoms with Crippen molar-refractivity contribution in [2.45, 2.75) is 49.4 Å². The molecular formula is C20H24N4O3S. The highest BCUT2D eigenvalue weighted by Crippen LogP contribution is 2.29. The molecule has 1 N–H and O–H groups in total. The zero-order valence-electron chi connectivity index (χ0n) is 16.1. The second kappa shape index (κ2) is 7.60. The predicted octanol–water partition coefficient (Wildman–Crippen LogP) is 2.60. The second-order valence-corrected chi connectivity index (χ2v) is 9.86. The number of pyridine rings is 2. The molecule has 0 aliphatic carbocycles. The Morgan fingerprint density at radius 1 is 1.14 bits per heavy atom. The van der Waals surface area contributed by atoms with Gasteiger partial charge in [-0.25, -0.2) is 13.4 Å². The molecule has 2 aliphatic heterocycles. The molecule has 0 saturated carbocycles. The van der Waals surface area contributed by atoms with Crippen LogP contribution >= 0.6 is 0 Å². The molecule has 1 fully saturated rings. The Morgan fingerprint density at radius 2 is 1.89 bits per heavy atom. The molecule has 148 valence electrons. The molecule has 7 nitrogen and oxygen atoms in total. The molecule has 2 aromatic heterocycles. The van der Waals surface area contributed by atoms with Gasteiger partial charge in [0.15, 0.2) is 9.84 Å². The number of sulfone groups is 1. The summed E-state index contributed by atoms with van der Waals surface area (Å²) in [5.74, 6) is 0.777. The van der Waals surface area contributed by atoms with Crippen molar-refractivity contribution in [3.63, 3.8) is 0 Å². The van der Waals surface area contributed by atoms with Crippen molar-refractivity contribution in [2.24, 2.45) is 4.99 Å². The SMILES string of the molecule is CC(C)S(=O)(=O)c1ccnc(C2=NCc3ccnc(NC4CCOCC4)c32)c1. The maximum Gasteiger partial charge on any atom is 0.180 e. The molecule has 4 rings (SSSR count). The fourth-order valence-corrected chi connectivity index (χ4v) is 4.56. The molecule has 28 heavy (non-hydrogen) atoms. The summed E-state index contributed by atoms with van der Waals surface area (Å²) in [7, 11) is -3.38. The van der Waals surface area contributed by atoms with E-state index in [1.165, 1.54) is 6.20 Å². The van der Waals surface area contributed by atoms with E-state index >= 15 is 0 Å². The van der Waals surface area contributed by atoms with Gasteiger partial charge in [0.2, 0.25) is 0 Å². The maximum absolute atomic E-state index is 12.6. The number of aliphatic imine (C=N–C) groups is 1. The average Bonchev–Trinajstić information content (AvgIpc) is 3.14. The zero-order chi connectivity index (χ0) is 19.7. The van der Waals surface area contributed by atoms with E-state index in [2.05, 4.69) is 20.3 Å². The van der Waals surface area contributed by atoms with E-state index in [0.29, 0.717) is 24.0 Å². The van der Waals surface area contributed by atoms with Gasteiger partial charge in [-0.3, -0.25) is 9.98 Å². The number of ether oxygens (including phenoxy) is 1. The summed E-state index contributed by atoms with van der Waals surface area (Å²) in [6.45, 7) is 5.38. The van der Waals surface area contributed by atoms with Gasteiger partial charge in [-0.05, 0) is 50.5 Å². The van der Waals surface area contributed by atoms with E-state index in [1.54, 1.807) is 32.2 Å². The van der Waals surface area contributed by atoms with Gasteiger partial charge in [-0.2, -0.15) is 0 Å². The minimum absolute atomic E-state index is 0.270. The highest BCUT2D eigenvalue weighted by Gasteiger charge is 2.27. The molecule has 0 amide bonds. The minimum Gasteiger partial charge on any atom is -0.381 e. The van der Waals surface area contributed by atoms with Crippen LogP contribution in [0.25, 0.3) is 0 Å². The van der Waals surface area contributed by atoms with E-state index in [9.17, 15) is 8.42 Å². The number of fused-ring (bicyclic) bond motifs is 1.